The molecule has 0 fully saturated rings. The first kappa shape index (κ1) is 24.5. The van der Waals surface area contributed by atoms with E-state index >= 15 is 0 Å². The highest BCUT2D eigenvalue weighted by atomic mass is 32.1. The molecule has 0 aliphatic carbocycles. The van der Waals surface area contributed by atoms with Crippen molar-refractivity contribution in [3.05, 3.63) is 87.6 Å². The third kappa shape index (κ3) is 6.93. The van der Waals surface area contributed by atoms with Crippen molar-refractivity contribution in [2.45, 2.75) is 53.2 Å². The summed E-state index contributed by atoms with van der Waals surface area (Å²) >= 11 is 1.66. The molecule has 6 heteroatoms. The summed E-state index contributed by atoms with van der Waals surface area (Å²) in [4.78, 5) is 31.4. The van der Waals surface area contributed by atoms with Crippen LogP contribution in [0.2, 0.25) is 0 Å². The SMILES string of the molecule is CCC(C)N(CC(=O)N(Cc1ccccc1)Cc1sccc1C)C(=O)Nc1cccc(C)c1. The molecule has 5 nitrogen and oxygen atoms in total. The Balaban J connectivity index is 1.79. The van der Waals surface area contributed by atoms with E-state index in [0.29, 0.717) is 13.1 Å². The fourth-order valence-corrected chi connectivity index (χ4v) is 4.51. The van der Waals surface area contributed by atoms with Gasteiger partial charge in [-0.25, -0.2) is 4.79 Å². The van der Waals surface area contributed by atoms with Crippen LogP contribution in [0.3, 0.4) is 0 Å². The Morgan fingerprint density at radius 1 is 1.00 bits per heavy atom. The Morgan fingerprint density at radius 2 is 1.76 bits per heavy atom. The second-order valence-electron chi connectivity index (χ2n) is 8.45. The van der Waals surface area contributed by atoms with Crippen molar-refractivity contribution in [3.8, 4) is 0 Å². The van der Waals surface area contributed by atoms with Gasteiger partial charge in [0.1, 0.15) is 6.54 Å². The van der Waals surface area contributed by atoms with Gasteiger partial charge in [-0.3, -0.25) is 4.79 Å². The van der Waals surface area contributed by atoms with Crippen LogP contribution in [0.4, 0.5) is 10.5 Å². The van der Waals surface area contributed by atoms with Crippen molar-refractivity contribution in [3.63, 3.8) is 0 Å². The zero-order chi connectivity index (χ0) is 23.8. The number of thiophene rings is 1. The lowest BCUT2D eigenvalue weighted by atomic mass is 10.2. The minimum Gasteiger partial charge on any atom is -0.332 e. The fraction of sp³-hybridized carbons (Fsp3) is 0.333. The van der Waals surface area contributed by atoms with Crippen LogP contribution in [0.1, 0.15) is 41.8 Å². The van der Waals surface area contributed by atoms with Crippen LogP contribution >= 0.6 is 11.3 Å². The first-order chi connectivity index (χ1) is 15.9. The van der Waals surface area contributed by atoms with Gasteiger partial charge in [-0.2, -0.15) is 0 Å². The quantitative estimate of drug-likeness (QED) is 0.409. The Labute approximate surface area is 201 Å². The first-order valence-electron chi connectivity index (χ1n) is 11.4. The minimum atomic E-state index is -0.254. The Hall–Kier alpha value is -3.12. The molecule has 2 aromatic carbocycles. The van der Waals surface area contributed by atoms with E-state index in [1.807, 2.05) is 80.3 Å². The highest BCUT2D eigenvalue weighted by Crippen LogP contribution is 2.20. The maximum absolute atomic E-state index is 13.5. The molecule has 0 spiro atoms. The number of hydrogen-bond donors (Lipinski definition) is 1. The first-order valence-corrected chi connectivity index (χ1v) is 12.2. The van der Waals surface area contributed by atoms with E-state index < -0.39 is 0 Å². The monoisotopic (exact) mass is 463 g/mol. The molecule has 33 heavy (non-hydrogen) atoms. The van der Waals surface area contributed by atoms with Crippen LogP contribution in [-0.4, -0.2) is 34.3 Å². The Kier molecular flexibility index (Phi) is 8.66. The Bertz CT molecular complexity index is 1060. The van der Waals surface area contributed by atoms with Gasteiger partial charge >= 0.3 is 6.03 Å². The summed E-state index contributed by atoms with van der Waals surface area (Å²) in [6, 6.07) is 19.4. The van der Waals surface area contributed by atoms with Crippen molar-refractivity contribution < 1.29 is 9.59 Å². The fourth-order valence-electron chi connectivity index (χ4n) is 3.59. The van der Waals surface area contributed by atoms with Crippen molar-refractivity contribution in [1.29, 1.82) is 0 Å². The molecule has 0 radical (unpaired) electrons. The highest BCUT2D eigenvalue weighted by Gasteiger charge is 2.25. The molecule has 0 bridgehead atoms. The number of nitrogens with one attached hydrogen (secondary N) is 1. The average Bonchev–Trinajstić information content (AvgIpc) is 3.21. The van der Waals surface area contributed by atoms with E-state index in [9.17, 15) is 9.59 Å². The number of carbonyl (C=O) groups is 2. The standard InChI is InChI=1S/C27H33N3O2S/c1-5-22(4)30(27(32)28-24-13-9-10-20(2)16-24)19-26(31)29(17-23-11-7-6-8-12-23)18-25-21(3)14-15-33-25/h6-16,22H,5,17-19H2,1-4H3,(H,28,32). The maximum atomic E-state index is 13.5. The molecule has 3 amide bonds. The van der Waals surface area contributed by atoms with Crippen molar-refractivity contribution in [2.24, 2.45) is 0 Å². The topological polar surface area (TPSA) is 52.7 Å². The van der Waals surface area contributed by atoms with Gasteiger partial charge in [0.25, 0.3) is 0 Å². The van der Waals surface area contributed by atoms with Gasteiger partial charge in [0.15, 0.2) is 0 Å². The molecule has 174 valence electrons. The number of rotatable bonds is 9. The van der Waals surface area contributed by atoms with Crippen molar-refractivity contribution in [2.75, 3.05) is 11.9 Å². The minimum absolute atomic E-state index is 0.0317. The summed E-state index contributed by atoms with van der Waals surface area (Å²) in [6.07, 6.45) is 0.761. The average molecular weight is 464 g/mol. The van der Waals surface area contributed by atoms with Gasteiger partial charge in [0.2, 0.25) is 5.91 Å². The molecule has 1 atom stereocenters. The van der Waals surface area contributed by atoms with Crippen LogP contribution in [-0.2, 0) is 17.9 Å². The zero-order valence-corrected chi connectivity index (χ0v) is 20.7. The normalized spacial score (nSPS) is 11.6. The summed E-state index contributed by atoms with van der Waals surface area (Å²) in [5, 5.41) is 5.02. The van der Waals surface area contributed by atoms with Gasteiger partial charge in [-0.15, -0.1) is 11.3 Å². The number of carbonyl (C=O) groups excluding carboxylic acids is 2. The number of benzene rings is 2. The van der Waals surface area contributed by atoms with Crippen LogP contribution < -0.4 is 5.32 Å². The van der Waals surface area contributed by atoms with E-state index in [0.717, 1.165) is 23.2 Å². The molecular weight excluding hydrogens is 430 g/mol. The van der Waals surface area contributed by atoms with Crippen molar-refractivity contribution >= 4 is 29.0 Å². The molecule has 0 aliphatic heterocycles. The molecule has 3 aromatic rings. The molecule has 1 heterocycles. The van der Waals surface area contributed by atoms with Crippen LogP contribution in [0.5, 0.6) is 0 Å². The number of aryl methyl sites for hydroxylation is 2. The summed E-state index contributed by atoms with van der Waals surface area (Å²) in [6.45, 7) is 9.13. The van der Waals surface area contributed by atoms with Gasteiger partial charge in [-0.1, -0.05) is 49.4 Å². The van der Waals surface area contributed by atoms with Crippen LogP contribution in [0.25, 0.3) is 0 Å². The van der Waals surface area contributed by atoms with E-state index in [1.54, 1.807) is 16.2 Å². The summed E-state index contributed by atoms with van der Waals surface area (Å²) in [5.41, 5.74) is 4.05. The number of nitrogens with zero attached hydrogens (tertiary/aromatic N) is 2. The molecule has 1 aromatic heterocycles. The van der Waals surface area contributed by atoms with E-state index in [2.05, 4.69) is 23.7 Å². The number of amides is 3. The number of urea groups is 1. The largest absolute Gasteiger partial charge is 0.332 e. The van der Waals surface area contributed by atoms with Crippen LogP contribution in [0.15, 0.2) is 66.0 Å². The summed E-state index contributed by atoms with van der Waals surface area (Å²) in [5.74, 6) is -0.0636. The summed E-state index contributed by atoms with van der Waals surface area (Å²) < 4.78 is 0. The van der Waals surface area contributed by atoms with E-state index in [-0.39, 0.29) is 24.5 Å². The van der Waals surface area contributed by atoms with Gasteiger partial charge in [-0.05, 0) is 67.5 Å². The summed E-state index contributed by atoms with van der Waals surface area (Å²) in [7, 11) is 0. The number of anilines is 1. The lowest BCUT2D eigenvalue weighted by molar-refractivity contribution is -0.133. The molecule has 3 rings (SSSR count). The van der Waals surface area contributed by atoms with E-state index in [1.165, 1.54) is 10.4 Å². The molecule has 1 unspecified atom stereocenters. The second kappa shape index (κ2) is 11.7. The van der Waals surface area contributed by atoms with Gasteiger partial charge in [0, 0.05) is 23.2 Å². The van der Waals surface area contributed by atoms with E-state index in [4.69, 9.17) is 0 Å². The lowest BCUT2D eigenvalue weighted by Crippen LogP contribution is -2.47. The third-order valence-corrected chi connectivity index (χ3v) is 6.84. The predicted molar refractivity (Wildman–Crippen MR) is 136 cm³/mol. The molecule has 0 saturated carbocycles. The van der Waals surface area contributed by atoms with Gasteiger partial charge in [0.05, 0.1) is 6.54 Å². The Morgan fingerprint density at radius 3 is 2.39 bits per heavy atom. The zero-order valence-electron chi connectivity index (χ0n) is 19.9. The maximum Gasteiger partial charge on any atom is 0.322 e. The van der Waals surface area contributed by atoms with Crippen LogP contribution in [0, 0.1) is 13.8 Å². The smallest absolute Gasteiger partial charge is 0.322 e. The third-order valence-electron chi connectivity index (χ3n) is 5.83. The van der Waals surface area contributed by atoms with Gasteiger partial charge < -0.3 is 15.1 Å². The second-order valence-corrected chi connectivity index (χ2v) is 9.45. The van der Waals surface area contributed by atoms with Crippen molar-refractivity contribution in [1.82, 2.24) is 9.80 Å². The molecular formula is C27H33N3O2S. The molecule has 1 N–H and O–H groups in total. The molecule has 0 aliphatic rings. The molecule has 0 saturated heterocycles. The predicted octanol–water partition coefficient (Wildman–Crippen LogP) is 6.23. The number of hydrogen-bond acceptors (Lipinski definition) is 3. The lowest BCUT2D eigenvalue weighted by Gasteiger charge is -2.31. The highest BCUT2D eigenvalue weighted by molar-refractivity contribution is 7.10.